The topological polar surface area (TPSA) is 58.1 Å². The summed E-state index contributed by atoms with van der Waals surface area (Å²) in [5.74, 6) is -2.18. The van der Waals surface area contributed by atoms with Gasteiger partial charge in [-0.1, -0.05) is 23.2 Å². The number of halogens is 8. The first kappa shape index (κ1) is 21.4. The number of fused-ring (bicyclic) bond motifs is 1. The summed E-state index contributed by atoms with van der Waals surface area (Å²) in [5, 5.41) is 1.89. The molecule has 0 saturated heterocycles. The summed E-state index contributed by atoms with van der Waals surface area (Å²) in [7, 11) is 0. The van der Waals surface area contributed by atoms with Crippen molar-refractivity contribution in [2.45, 2.75) is 25.3 Å². The van der Waals surface area contributed by atoms with Crippen molar-refractivity contribution in [3.63, 3.8) is 0 Å². The average molecular weight is 459 g/mol. The molecule has 2 heterocycles. The van der Waals surface area contributed by atoms with Gasteiger partial charge in [0.1, 0.15) is 10.7 Å². The van der Waals surface area contributed by atoms with E-state index in [1.807, 2.05) is 0 Å². The predicted octanol–water partition coefficient (Wildman–Crippen LogP) is 4.99. The van der Waals surface area contributed by atoms with E-state index in [4.69, 9.17) is 23.2 Å². The fourth-order valence-electron chi connectivity index (χ4n) is 2.76. The highest BCUT2D eigenvalue weighted by atomic mass is 35.5. The second-order valence-corrected chi connectivity index (χ2v) is 6.86. The van der Waals surface area contributed by atoms with Crippen LogP contribution in [0.25, 0.3) is 0 Å². The molecule has 2 aromatic rings. The summed E-state index contributed by atoms with van der Waals surface area (Å²) < 4.78 is 76.0. The van der Waals surface area contributed by atoms with Gasteiger partial charge in [0.05, 0.1) is 10.7 Å². The molecule has 156 valence electrons. The van der Waals surface area contributed by atoms with E-state index in [1.54, 1.807) is 0 Å². The maximum Gasteiger partial charge on any atom is 0.471 e. The summed E-state index contributed by atoms with van der Waals surface area (Å²) in [6.45, 7) is -0.411. The van der Waals surface area contributed by atoms with Gasteiger partial charge in [0, 0.05) is 19.3 Å². The fraction of sp³-hybridized carbons (Fsp3) is 0.312. The van der Waals surface area contributed by atoms with E-state index in [0.717, 1.165) is 0 Å². The molecule has 0 aliphatic carbocycles. The van der Waals surface area contributed by atoms with Crippen LogP contribution >= 0.6 is 23.2 Å². The Bertz CT molecular complexity index is 964. The first-order valence-corrected chi connectivity index (χ1v) is 8.66. The third-order valence-corrected chi connectivity index (χ3v) is 4.73. The number of benzene rings is 1. The highest BCUT2D eigenvalue weighted by Crippen LogP contribution is 2.35. The highest BCUT2D eigenvalue weighted by Gasteiger charge is 2.43. The Balaban J connectivity index is 1.82. The van der Waals surface area contributed by atoms with Gasteiger partial charge in [-0.05, 0) is 29.7 Å². The average Bonchev–Trinajstić information content (AvgIpc) is 2.59. The van der Waals surface area contributed by atoms with Gasteiger partial charge >= 0.3 is 18.3 Å². The van der Waals surface area contributed by atoms with Gasteiger partial charge in [-0.2, -0.15) is 26.3 Å². The minimum absolute atomic E-state index is 0.0599. The van der Waals surface area contributed by atoms with Gasteiger partial charge in [-0.15, -0.1) is 0 Å². The molecule has 5 nitrogen and oxygen atoms in total. The van der Waals surface area contributed by atoms with Crippen molar-refractivity contribution in [1.29, 1.82) is 0 Å². The van der Waals surface area contributed by atoms with Crippen molar-refractivity contribution in [2.24, 2.45) is 0 Å². The van der Waals surface area contributed by atoms with Gasteiger partial charge in [0.25, 0.3) is 0 Å². The van der Waals surface area contributed by atoms with E-state index in [2.05, 4.69) is 15.3 Å². The molecule has 1 aromatic carbocycles. The number of amides is 1. The number of rotatable bonds is 2. The monoisotopic (exact) mass is 458 g/mol. The maximum atomic E-state index is 12.7. The van der Waals surface area contributed by atoms with Crippen molar-refractivity contribution in [3.05, 3.63) is 45.2 Å². The molecular weight excluding hydrogens is 449 g/mol. The van der Waals surface area contributed by atoms with E-state index < -0.39 is 29.0 Å². The molecule has 0 unspecified atom stereocenters. The quantitative estimate of drug-likeness (QED) is 0.508. The van der Waals surface area contributed by atoms with E-state index in [9.17, 15) is 31.1 Å². The largest absolute Gasteiger partial charge is 0.471 e. The van der Waals surface area contributed by atoms with Crippen LogP contribution in [0.5, 0.6) is 0 Å². The molecule has 0 spiro atoms. The Labute approximate surface area is 169 Å². The van der Waals surface area contributed by atoms with E-state index in [0.29, 0.717) is 22.2 Å². The molecule has 29 heavy (non-hydrogen) atoms. The normalized spacial score (nSPS) is 14.6. The van der Waals surface area contributed by atoms with Crippen LogP contribution in [-0.4, -0.2) is 33.5 Å². The molecule has 1 aliphatic rings. The first-order chi connectivity index (χ1) is 13.4. The third-order valence-electron chi connectivity index (χ3n) is 4.13. The lowest BCUT2D eigenvalue weighted by Gasteiger charge is -2.30. The van der Waals surface area contributed by atoms with Gasteiger partial charge in [0.2, 0.25) is 5.95 Å². The molecule has 1 N–H and O–H groups in total. The first-order valence-electron chi connectivity index (χ1n) is 7.90. The molecule has 1 aromatic heterocycles. The zero-order valence-corrected chi connectivity index (χ0v) is 15.6. The van der Waals surface area contributed by atoms with Gasteiger partial charge in [-0.25, -0.2) is 9.97 Å². The lowest BCUT2D eigenvalue weighted by atomic mass is 9.99. The number of anilines is 2. The van der Waals surface area contributed by atoms with Gasteiger partial charge in [0.15, 0.2) is 0 Å². The number of alkyl halides is 6. The Kier molecular flexibility index (Phi) is 5.56. The summed E-state index contributed by atoms with van der Waals surface area (Å²) in [6.07, 6.45) is -9.02. The number of carbonyl (C=O) groups is 1. The lowest BCUT2D eigenvalue weighted by molar-refractivity contribution is -0.186. The lowest BCUT2D eigenvalue weighted by Crippen LogP contribution is -2.43. The Morgan fingerprint density at radius 3 is 2.38 bits per heavy atom. The molecule has 0 fully saturated rings. The van der Waals surface area contributed by atoms with Crippen molar-refractivity contribution in [2.75, 3.05) is 11.9 Å². The van der Waals surface area contributed by atoms with E-state index in [1.165, 1.54) is 12.1 Å². The molecule has 1 amide bonds. The van der Waals surface area contributed by atoms with Crippen LogP contribution in [0.15, 0.2) is 18.3 Å². The number of aromatic nitrogens is 2. The van der Waals surface area contributed by atoms with Crippen molar-refractivity contribution in [3.8, 4) is 0 Å². The minimum Gasteiger partial charge on any atom is -0.330 e. The molecule has 3 rings (SSSR count). The Morgan fingerprint density at radius 2 is 1.79 bits per heavy atom. The highest BCUT2D eigenvalue weighted by molar-refractivity contribution is 6.33. The zero-order chi connectivity index (χ0) is 21.6. The maximum absolute atomic E-state index is 12.7. The Morgan fingerprint density at radius 1 is 1.10 bits per heavy atom. The van der Waals surface area contributed by atoms with Gasteiger partial charge in [-0.3, -0.25) is 4.79 Å². The second kappa shape index (κ2) is 7.52. The number of hydrogen-bond donors (Lipinski definition) is 1. The number of hydrogen-bond acceptors (Lipinski definition) is 4. The zero-order valence-electron chi connectivity index (χ0n) is 14.1. The fourth-order valence-corrected chi connectivity index (χ4v) is 3.23. The van der Waals surface area contributed by atoms with Crippen LogP contribution < -0.4 is 5.32 Å². The van der Waals surface area contributed by atoms with Gasteiger partial charge < -0.3 is 10.2 Å². The predicted molar refractivity (Wildman–Crippen MR) is 92.0 cm³/mol. The van der Waals surface area contributed by atoms with Crippen LogP contribution in [0.1, 0.15) is 16.7 Å². The molecule has 0 atom stereocenters. The molecule has 1 aliphatic heterocycles. The van der Waals surface area contributed by atoms with Crippen LogP contribution in [-0.2, 0) is 23.9 Å². The minimum atomic E-state index is -4.97. The third kappa shape index (κ3) is 4.67. The SMILES string of the molecule is O=C(N1CCc2cc(Nc3ncc(C(F)(F)F)c(Cl)n3)c(Cl)cc2C1)C(F)(F)F. The standard InChI is InChI=1S/C16H10Cl2F6N4O/c17-10-3-8-6-28(13(29)16(22,23)24)2-1-7(8)4-11(10)26-14-25-5-9(12(18)27-14)15(19,20)21/h3-5H,1-2,6H2,(H,25,26,27). The number of nitrogens with zero attached hydrogens (tertiary/aromatic N) is 3. The smallest absolute Gasteiger partial charge is 0.330 e. The van der Waals surface area contributed by atoms with Crippen molar-refractivity contribution in [1.82, 2.24) is 14.9 Å². The number of carbonyl (C=O) groups excluding carboxylic acids is 1. The van der Waals surface area contributed by atoms with Crippen LogP contribution in [0.4, 0.5) is 38.0 Å². The van der Waals surface area contributed by atoms with E-state index >= 15 is 0 Å². The van der Waals surface area contributed by atoms with Crippen molar-refractivity contribution < 1.29 is 31.1 Å². The Hall–Kier alpha value is -2.27. The van der Waals surface area contributed by atoms with Crippen LogP contribution in [0.3, 0.4) is 0 Å². The summed E-state index contributed by atoms with van der Waals surface area (Å²) in [6, 6.07) is 2.89. The summed E-state index contributed by atoms with van der Waals surface area (Å²) in [4.78, 5) is 19.2. The molecular formula is C16H10Cl2F6N4O. The van der Waals surface area contributed by atoms with Crippen molar-refractivity contribution >= 4 is 40.7 Å². The molecule has 0 saturated carbocycles. The second-order valence-electron chi connectivity index (χ2n) is 6.10. The van der Waals surface area contributed by atoms with E-state index in [-0.39, 0.29) is 36.2 Å². The molecule has 13 heteroatoms. The van der Waals surface area contributed by atoms with Crippen LogP contribution in [0, 0.1) is 0 Å². The number of nitrogens with one attached hydrogen (secondary N) is 1. The molecule has 0 bridgehead atoms. The summed E-state index contributed by atoms with van der Waals surface area (Å²) in [5.41, 5.74) is 0.0874. The summed E-state index contributed by atoms with van der Waals surface area (Å²) >= 11 is 11.7. The van der Waals surface area contributed by atoms with Crippen LogP contribution in [0.2, 0.25) is 10.2 Å². The molecule has 0 radical (unpaired) electrons.